The summed E-state index contributed by atoms with van der Waals surface area (Å²) in [6.07, 6.45) is 5.82. The van der Waals surface area contributed by atoms with Crippen molar-refractivity contribution in [3.8, 4) is 0 Å². The molecule has 1 aliphatic rings. The molecular weight excluding hydrogens is 254 g/mol. The Hall–Kier alpha value is -0.940. The summed E-state index contributed by atoms with van der Waals surface area (Å²) in [6.45, 7) is 7.22. The Kier molecular flexibility index (Phi) is 5.16. The average molecular weight is 281 g/mol. The van der Waals surface area contributed by atoms with Crippen molar-refractivity contribution in [3.63, 3.8) is 0 Å². The summed E-state index contributed by atoms with van der Waals surface area (Å²) in [4.78, 5) is 4.54. The van der Waals surface area contributed by atoms with Crippen LogP contribution in [0.4, 0.5) is 0 Å². The lowest BCUT2D eigenvalue weighted by molar-refractivity contribution is 0.00973. The van der Waals surface area contributed by atoms with Crippen LogP contribution in [0.25, 0.3) is 0 Å². The van der Waals surface area contributed by atoms with E-state index in [0.717, 1.165) is 25.3 Å². The SMILES string of the molecule is CCCNC1CCC(c2nc(C(C)(C)OC)no2)CC1. The van der Waals surface area contributed by atoms with Gasteiger partial charge in [-0.2, -0.15) is 4.98 Å². The zero-order valence-electron chi connectivity index (χ0n) is 13.1. The molecule has 2 rings (SSSR count). The highest BCUT2D eigenvalue weighted by molar-refractivity contribution is 5.02. The molecule has 1 saturated carbocycles. The molecule has 5 nitrogen and oxygen atoms in total. The Bertz CT molecular complexity index is 409. The van der Waals surface area contributed by atoms with Crippen LogP contribution in [0.2, 0.25) is 0 Å². The van der Waals surface area contributed by atoms with Gasteiger partial charge in [-0.15, -0.1) is 0 Å². The van der Waals surface area contributed by atoms with E-state index in [1.165, 1.54) is 19.3 Å². The number of nitrogens with zero attached hydrogens (tertiary/aromatic N) is 2. The van der Waals surface area contributed by atoms with E-state index >= 15 is 0 Å². The van der Waals surface area contributed by atoms with E-state index < -0.39 is 5.60 Å². The smallest absolute Gasteiger partial charge is 0.229 e. The molecule has 114 valence electrons. The van der Waals surface area contributed by atoms with Crippen LogP contribution in [0.1, 0.15) is 70.5 Å². The van der Waals surface area contributed by atoms with Crippen molar-refractivity contribution in [1.82, 2.24) is 15.5 Å². The third-order valence-corrected chi connectivity index (χ3v) is 4.25. The Balaban J connectivity index is 1.91. The molecule has 0 amide bonds. The lowest BCUT2D eigenvalue weighted by Crippen LogP contribution is -2.33. The number of rotatable bonds is 6. The lowest BCUT2D eigenvalue weighted by Gasteiger charge is -2.27. The maximum atomic E-state index is 5.45. The van der Waals surface area contributed by atoms with Gasteiger partial charge in [0.05, 0.1) is 0 Å². The van der Waals surface area contributed by atoms with Gasteiger partial charge < -0.3 is 14.6 Å². The predicted molar refractivity (Wildman–Crippen MR) is 77.6 cm³/mol. The molecule has 0 aromatic carbocycles. The van der Waals surface area contributed by atoms with Gasteiger partial charge >= 0.3 is 0 Å². The van der Waals surface area contributed by atoms with Gasteiger partial charge in [0.1, 0.15) is 5.60 Å². The molecule has 1 aromatic rings. The minimum absolute atomic E-state index is 0.406. The van der Waals surface area contributed by atoms with Crippen molar-refractivity contribution in [2.24, 2.45) is 0 Å². The maximum absolute atomic E-state index is 5.45. The maximum Gasteiger partial charge on any atom is 0.229 e. The van der Waals surface area contributed by atoms with Crippen molar-refractivity contribution >= 4 is 0 Å². The number of methoxy groups -OCH3 is 1. The van der Waals surface area contributed by atoms with Crippen LogP contribution in [0.5, 0.6) is 0 Å². The molecule has 0 spiro atoms. The first-order chi connectivity index (χ1) is 9.56. The Labute approximate surface area is 121 Å². The quantitative estimate of drug-likeness (QED) is 0.868. The summed E-state index contributed by atoms with van der Waals surface area (Å²) in [5.74, 6) is 1.82. The summed E-state index contributed by atoms with van der Waals surface area (Å²) in [5, 5.41) is 7.67. The van der Waals surface area contributed by atoms with Crippen molar-refractivity contribution in [1.29, 1.82) is 0 Å². The highest BCUT2D eigenvalue weighted by Gasteiger charge is 2.30. The first-order valence-corrected chi connectivity index (χ1v) is 7.69. The fourth-order valence-corrected chi connectivity index (χ4v) is 2.63. The standard InChI is InChI=1S/C15H27N3O2/c1-5-10-16-12-8-6-11(7-9-12)13-17-14(18-20-13)15(2,3)19-4/h11-12,16H,5-10H2,1-4H3. The first-order valence-electron chi connectivity index (χ1n) is 7.69. The monoisotopic (exact) mass is 281 g/mol. The van der Waals surface area contributed by atoms with E-state index in [1.807, 2.05) is 13.8 Å². The third kappa shape index (κ3) is 3.58. The molecule has 0 unspecified atom stereocenters. The van der Waals surface area contributed by atoms with Gasteiger partial charge in [-0.1, -0.05) is 12.1 Å². The molecule has 1 N–H and O–H groups in total. The molecule has 1 heterocycles. The van der Waals surface area contributed by atoms with Crippen LogP contribution < -0.4 is 5.32 Å². The number of hydrogen-bond donors (Lipinski definition) is 1. The van der Waals surface area contributed by atoms with Crippen LogP contribution >= 0.6 is 0 Å². The van der Waals surface area contributed by atoms with Gasteiger partial charge in [-0.3, -0.25) is 0 Å². The van der Waals surface area contributed by atoms with E-state index in [-0.39, 0.29) is 0 Å². The van der Waals surface area contributed by atoms with E-state index in [1.54, 1.807) is 7.11 Å². The largest absolute Gasteiger partial charge is 0.371 e. The van der Waals surface area contributed by atoms with Gasteiger partial charge in [-0.05, 0) is 52.5 Å². The second kappa shape index (κ2) is 6.68. The van der Waals surface area contributed by atoms with E-state index in [9.17, 15) is 0 Å². The third-order valence-electron chi connectivity index (χ3n) is 4.25. The van der Waals surface area contributed by atoms with Gasteiger partial charge in [0.25, 0.3) is 0 Å². The molecule has 0 radical (unpaired) electrons. The second-order valence-electron chi connectivity index (χ2n) is 6.17. The van der Waals surface area contributed by atoms with Crippen LogP contribution in [0.3, 0.4) is 0 Å². The van der Waals surface area contributed by atoms with E-state index in [2.05, 4.69) is 22.4 Å². The van der Waals surface area contributed by atoms with Crippen molar-refractivity contribution in [2.45, 2.75) is 70.4 Å². The summed E-state index contributed by atoms with van der Waals surface area (Å²) in [7, 11) is 1.67. The highest BCUT2D eigenvalue weighted by Crippen LogP contribution is 2.33. The van der Waals surface area contributed by atoms with Crippen LogP contribution in [-0.2, 0) is 10.3 Å². The first kappa shape index (κ1) is 15.4. The van der Waals surface area contributed by atoms with Gasteiger partial charge in [0.2, 0.25) is 11.7 Å². The number of ether oxygens (including phenoxy) is 1. The van der Waals surface area contributed by atoms with E-state index in [0.29, 0.717) is 17.8 Å². The predicted octanol–water partition coefficient (Wildman–Crippen LogP) is 2.98. The summed E-state index contributed by atoms with van der Waals surface area (Å²) < 4.78 is 10.8. The Morgan fingerprint density at radius 1 is 1.30 bits per heavy atom. The summed E-state index contributed by atoms with van der Waals surface area (Å²) in [5.41, 5.74) is -0.484. The molecule has 0 aliphatic heterocycles. The van der Waals surface area contributed by atoms with Gasteiger partial charge in [0, 0.05) is 19.1 Å². The zero-order valence-corrected chi connectivity index (χ0v) is 13.1. The fraction of sp³-hybridized carbons (Fsp3) is 0.867. The molecule has 20 heavy (non-hydrogen) atoms. The average Bonchev–Trinajstić information content (AvgIpc) is 2.96. The normalized spacial score (nSPS) is 24.0. The van der Waals surface area contributed by atoms with Crippen molar-refractivity contribution < 1.29 is 9.26 Å². The molecule has 0 atom stereocenters. The fourth-order valence-electron chi connectivity index (χ4n) is 2.63. The Morgan fingerprint density at radius 3 is 2.60 bits per heavy atom. The number of hydrogen-bond acceptors (Lipinski definition) is 5. The van der Waals surface area contributed by atoms with Crippen LogP contribution in [0.15, 0.2) is 4.52 Å². The van der Waals surface area contributed by atoms with Crippen molar-refractivity contribution in [3.05, 3.63) is 11.7 Å². The minimum atomic E-state index is -0.484. The van der Waals surface area contributed by atoms with Gasteiger partial charge in [-0.25, -0.2) is 0 Å². The second-order valence-corrected chi connectivity index (χ2v) is 6.17. The minimum Gasteiger partial charge on any atom is -0.371 e. The van der Waals surface area contributed by atoms with Crippen molar-refractivity contribution in [2.75, 3.05) is 13.7 Å². The number of nitrogens with one attached hydrogen (secondary N) is 1. The van der Waals surface area contributed by atoms with Crippen LogP contribution in [0, 0.1) is 0 Å². The van der Waals surface area contributed by atoms with E-state index in [4.69, 9.17) is 9.26 Å². The molecule has 1 aromatic heterocycles. The molecule has 1 fully saturated rings. The zero-order chi connectivity index (χ0) is 14.6. The highest BCUT2D eigenvalue weighted by atomic mass is 16.5. The molecule has 0 saturated heterocycles. The number of aromatic nitrogens is 2. The topological polar surface area (TPSA) is 60.2 Å². The van der Waals surface area contributed by atoms with Gasteiger partial charge in [0.15, 0.2) is 0 Å². The van der Waals surface area contributed by atoms with Crippen LogP contribution in [-0.4, -0.2) is 29.8 Å². The summed E-state index contributed by atoms with van der Waals surface area (Å²) >= 11 is 0. The lowest BCUT2D eigenvalue weighted by atomic mass is 9.86. The molecule has 5 heteroatoms. The summed E-state index contributed by atoms with van der Waals surface area (Å²) in [6, 6.07) is 0.656. The molecular formula is C15H27N3O2. The molecule has 0 bridgehead atoms. The molecule has 1 aliphatic carbocycles. The Morgan fingerprint density at radius 2 is 2.00 bits per heavy atom.